The predicted molar refractivity (Wildman–Crippen MR) is 115 cm³/mol. The molecular formula is C17H13F2N7O7S2. The van der Waals surface area contributed by atoms with Gasteiger partial charge in [0.05, 0.1) is 10.6 Å². The van der Waals surface area contributed by atoms with E-state index in [0.717, 1.165) is 18.2 Å². The molecule has 0 aliphatic heterocycles. The van der Waals surface area contributed by atoms with Gasteiger partial charge < -0.3 is 16.4 Å². The first kappa shape index (κ1) is 25.5. The largest absolute Gasteiger partial charge is 0.351 e. The van der Waals surface area contributed by atoms with Crippen LogP contribution in [-0.2, 0) is 20.2 Å². The molecule has 35 heavy (non-hydrogen) atoms. The van der Waals surface area contributed by atoms with Crippen LogP contribution in [0.3, 0.4) is 0 Å². The maximum atomic E-state index is 13.3. The number of primary amides is 1. The van der Waals surface area contributed by atoms with E-state index in [9.17, 15) is 35.0 Å². The third kappa shape index (κ3) is 6.69. The Morgan fingerprint density at radius 1 is 0.914 bits per heavy atom. The van der Waals surface area contributed by atoms with Gasteiger partial charge in [-0.3, -0.25) is 9.11 Å². The number of aromatic nitrogens is 2. The molecule has 1 aromatic heterocycles. The molecule has 1 heterocycles. The number of nitrogens with two attached hydrogens (primary N) is 1. The standard InChI is InChI=1S/C17H13F2N7O7S2/c18-14-7-15(24-16(19)23-14)21-8-1-3-10(12(5-8)22-17(20)27)25-26-11-4-2-9(34(28,29)30)6-13(11)35(31,32)33/h1-7H,(H3,20,22,27)(H,21,23,24)(H,28,29,30)(H,31,32,33). The number of hydrogen-bond acceptors (Lipinski definition) is 10. The minimum absolute atomic E-state index is 0.0933. The quantitative estimate of drug-likeness (QED) is 0.130. The first-order chi connectivity index (χ1) is 16.2. The van der Waals surface area contributed by atoms with Gasteiger partial charge in [-0.25, -0.2) is 4.79 Å². The van der Waals surface area contributed by atoms with E-state index in [1.54, 1.807) is 0 Å². The monoisotopic (exact) mass is 529 g/mol. The van der Waals surface area contributed by atoms with Crippen molar-refractivity contribution in [3.63, 3.8) is 0 Å². The summed E-state index contributed by atoms with van der Waals surface area (Å²) in [5.41, 5.74) is 4.57. The fraction of sp³-hybridized carbons (Fsp3) is 0. The van der Waals surface area contributed by atoms with E-state index in [2.05, 4.69) is 30.8 Å². The molecular weight excluding hydrogens is 516 g/mol. The summed E-state index contributed by atoms with van der Waals surface area (Å²) in [5.74, 6) is -1.40. The summed E-state index contributed by atoms with van der Waals surface area (Å²) in [6.45, 7) is 0. The third-order valence-corrected chi connectivity index (χ3v) is 5.70. The third-order valence-electron chi connectivity index (χ3n) is 3.97. The summed E-state index contributed by atoms with van der Waals surface area (Å²) in [4.78, 5) is 15.8. The molecule has 0 bridgehead atoms. The highest BCUT2D eigenvalue weighted by atomic mass is 32.2. The second-order valence-corrected chi connectivity index (χ2v) is 9.28. The molecule has 3 rings (SSSR count). The Kier molecular flexibility index (Phi) is 7.01. The summed E-state index contributed by atoms with van der Waals surface area (Å²) in [7, 11) is -9.80. The zero-order valence-electron chi connectivity index (χ0n) is 16.9. The average Bonchev–Trinajstić information content (AvgIpc) is 2.70. The van der Waals surface area contributed by atoms with Crippen molar-refractivity contribution in [2.24, 2.45) is 16.0 Å². The Balaban J connectivity index is 2.02. The number of anilines is 3. The molecule has 2 aromatic carbocycles. The topological polar surface area (TPSA) is 226 Å². The van der Waals surface area contributed by atoms with Crippen LogP contribution in [0.4, 0.5) is 42.1 Å². The lowest BCUT2D eigenvalue weighted by molar-refractivity contribution is 0.259. The summed E-state index contributed by atoms with van der Waals surface area (Å²) in [5, 5.41) is 12.2. The number of rotatable bonds is 7. The highest BCUT2D eigenvalue weighted by Crippen LogP contribution is 2.33. The van der Waals surface area contributed by atoms with Gasteiger partial charge in [0, 0.05) is 11.8 Å². The normalized spacial score (nSPS) is 12.0. The van der Waals surface area contributed by atoms with Crippen molar-refractivity contribution < 1.29 is 39.5 Å². The number of hydrogen-bond donors (Lipinski definition) is 5. The molecule has 0 unspecified atom stereocenters. The Morgan fingerprint density at radius 2 is 1.57 bits per heavy atom. The van der Waals surface area contributed by atoms with Crippen LogP contribution in [0.1, 0.15) is 0 Å². The van der Waals surface area contributed by atoms with Crippen LogP contribution >= 0.6 is 0 Å². The van der Waals surface area contributed by atoms with Crippen LogP contribution < -0.4 is 16.4 Å². The van der Waals surface area contributed by atoms with E-state index < -0.39 is 53.8 Å². The number of amides is 2. The van der Waals surface area contributed by atoms with E-state index in [-0.39, 0.29) is 22.9 Å². The average molecular weight is 529 g/mol. The van der Waals surface area contributed by atoms with E-state index in [0.29, 0.717) is 6.07 Å². The molecule has 0 atom stereocenters. The molecule has 0 aliphatic rings. The predicted octanol–water partition coefficient (Wildman–Crippen LogP) is 2.90. The number of carbonyl (C=O) groups excluding carboxylic acids is 1. The van der Waals surface area contributed by atoms with Crippen molar-refractivity contribution in [2.75, 3.05) is 10.6 Å². The summed E-state index contributed by atoms with van der Waals surface area (Å²) < 4.78 is 90.8. The summed E-state index contributed by atoms with van der Waals surface area (Å²) >= 11 is 0. The van der Waals surface area contributed by atoms with Crippen LogP contribution in [0.5, 0.6) is 0 Å². The number of urea groups is 1. The van der Waals surface area contributed by atoms with Gasteiger partial charge in [-0.2, -0.15) is 35.6 Å². The molecule has 3 aromatic rings. The van der Waals surface area contributed by atoms with Gasteiger partial charge in [0.25, 0.3) is 20.2 Å². The molecule has 0 aliphatic carbocycles. The fourth-order valence-electron chi connectivity index (χ4n) is 2.59. The van der Waals surface area contributed by atoms with E-state index in [1.807, 2.05) is 0 Å². The molecule has 0 spiro atoms. The summed E-state index contributed by atoms with van der Waals surface area (Å²) in [6, 6.07) is 5.68. The molecule has 0 saturated heterocycles. The van der Waals surface area contributed by atoms with Crippen molar-refractivity contribution in [1.82, 2.24) is 9.97 Å². The minimum atomic E-state index is -5.00. The van der Waals surface area contributed by atoms with E-state index in [4.69, 9.17) is 10.3 Å². The van der Waals surface area contributed by atoms with Gasteiger partial charge in [-0.1, -0.05) is 0 Å². The maximum absolute atomic E-state index is 13.3. The van der Waals surface area contributed by atoms with Crippen LogP contribution in [0.15, 0.2) is 62.5 Å². The van der Waals surface area contributed by atoms with Crippen molar-refractivity contribution in [2.45, 2.75) is 9.79 Å². The Morgan fingerprint density at radius 3 is 2.17 bits per heavy atom. The SMILES string of the molecule is NC(=O)Nc1cc(Nc2cc(F)nc(F)n2)ccc1N=Nc1ccc(S(=O)(=O)O)cc1S(=O)(=O)O. The Labute approximate surface area is 195 Å². The first-order valence-electron chi connectivity index (χ1n) is 8.91. The molecule has 14 nitrogen and oxygen atoms in total. The van der Waals surface area contributed by atoms with Crippen molar-refractivity contribution in [3.8, 4) is 0 Å². The van der Waals surface area contributed by atoms with Gasteiger partial charge in [0.1, 0.15) is 22.1 Å². The Hall–Kier alpha value is -4.13. The van der Waals surface area contributed by atoms with Crippen LogP contribution in [0, 0.1) is 12.0 Å². The van der Waals surface area contributed by atoms with Gasteiger partial charge in [-0.05, 0) is 36.4 Å². The Bertz CT molecular complexity index is 1540. The van der Waals surface area contributed by atoms with Crippen LogP contribution in [-0.4, -0.2) is 41.9 Å². The van der Waals surface area contributed by atoms with E-state index in [1.165, 1.54) is 18.2 Å². The molecule has 0 radical (unpaired) electrons. The molecule has 0 fully saturated rings. The van der Waals surface area contributed by atoms with Crippen molar-refractivity contribution in [3.05, 3.63) is 54.5 Å². The number of azo groups is 1. The molecule has 0 saturated carbocycles. The van der Waals surface area contributed by atoms with Crippen LogP contribution in [0.2, 0.25) is 0 Å². The summed E-state index contributed by atoms with van der Waals surface area (Å²) in [6.07, 6.45) is -1.33. The lowest BCUT2D eigenvalue weighted by Crippen LogP contribution is -2.19. The zero-order valence-corrected chi connectivity index (χ0v) is 18.5. The van der Waals surface area contributed by atoms with E-state index >= 15 is 0 Å². The van der Waals surface area contributed by atoms with Crippen molar-refractivity contribution >= 4 is 54.8 Å². The lowest BCUT2D eigenvalue weighted by atomic mass is 10.2. The number of halogens is 2. The second kappa shape index (κ2) is 9.62. The van der Waals surface area contributed by atoms with Gasteiger partial charge in [0.2, 0.25) is 5.95 Å². The molecule has 2 amide bonds. The fourth-order valence-corrected chi connectivity index (χ4v) is 3.82. The minimum Gasteiger partial charge on any atom is -0.351 e. The maximum Gasteiger partial charge on any atom is 0.316 e. The highest BCUT2D eigenvalue weighted by Gasteiger charge is 2.21. The second-order valence-electron chi connectivity index (χ2n) is 6.47. The van der Waals surface area contributed by atoms with Gasteiger partial charge in [-0.15, -0.1) is 10.2 Å². The number of benzene rings is 2. The zero-order chi connectivity index (χ0) is 26.0. The van der Waals surface area contributed by atoms with Gasteiger partial charge in [0.15, 0.2) is 0 Å². The van der Waals surface area contributed by atoms with Crippen LogP contribution in [0.25, 0.3) is 0 Å². The van der Waals surface area contributed by atoms with Crippen molar-refractivity contribution in [1.29, 1.82) is 0 Å². The smallest absolute Gasteiger partial charge is 0.316 e. The molecule has 6 N–H and O–H groups in total. The molecule has 184 valence electrons. The highest BCUT2D eigenvalue weighted by molar-refractivity contribution is 7.86. The number of carbonyl (C=O) groups is 1. The first-order valence-corrected chi connectivity index (χ1v) is 11.8. The number of nitrogens with zero attached hydrogens (tertiary/aromatic N) is 4. The van der Waals surface area contributed by atoms with Gasteiger partial charge >= 0.3 is 12.1 Å². The lowest BCUT2D eigenvalue weighted by Gasteiger charge is -2.10. The number of nitrogens with one attached hydrogen (secondary N) is 2. The molecule has 18 heteroatoms.